The molecule has 0 spiro atoms. The van der Waals surface area contributed by atoms with E-state index in [0.717, 1.165) is 25.7 Å². The lowest BCUT2D eigenvalue weighted by molar-refractivity contribution is -0.385. The van der Waals surface area contributed by atoms with Crippen LogP contribution in [0.5, 0.6) is 5.75 Å². The van der Waals surface area contributed by atoms with Crippen molar-refractivity contribution >= 4 is 11.4 Å². The number of hydrogen-bond acceptors (Lipinski definition) is 4. The summed E-state index contributed by atoms with van der Waals surface area (Å²) >= 11 is 0. The third-order valence-corrected chi connectivity index (χ3v) is 3.30. The molecule has 98 valence electrons. The Morgan fingerprint density at radius 3 is 2.67 bits per heavy atom. The Bertz CT molecular complexity index is 428. The number of nitrogens with zero attached hydrogens (tertiary/aromatic N) is 1. The molecule has 18 heavy (non-hydrogen) atoms. The van der Waals surface area contributed by atoms with Crippen molar-refractivity contribution in [2.75, 3.05) is 12.4 Å². The Labute approximate surface area is 106 Å². The second kappa shape index (κ2) is 5.71. The van der Waals surface area contributed by atoms with E-state index in [1.807, 2.05) is 0 Å². The maximum absolute atomic E-state index is 11.1. The van der Waals surface area contributed by atoms with Crippen LogP contribution >= 0.6 is 0 Å². The molecule has 1 aliphatic carbocycles. The van der Waals surface area contributed by atoms with E-state index in [-0.39, 0.29) is 16.7 Å². The number of hydrogen-bond donors (Lipinski definition) is 1. The minimum absolute atomic E-state index is 0.0329. The van der Waals surface area contributed by atoms with Gasteiger partial charge in [-0.2, -0.15) is 0 Å². The first-order valence-corrected chi connectivity index (χ1v) is 6.34. The summed E-state index contributed by atoms with van der Waals surface area (Å²) in [6.07, 6.45) is 5.61. The summed E-state index contributed by atoms with van der Waals surface area (Å²) in [5.74, 6) is 0.374. The molecule has 0 bridgehead atoms. The smallest absolute Gasteiger partial charge is 0.333 e. The minimum atomic E-state index is -0.385. The van der Waals surface area contributed by atoms with Gasteiger partial charge in [0.1, 0.15) is 5.69 Å². The van der Waals surface area contributed by atoms with Crippen molar-refractivity contribution in [1.82, 2.24) is 0 Å². The Morgan fingerprint density at radius 1 is 1.33 bits per heavy atom. The van der Waals surface area contributed by atoms with Crippen molar-refractivity contribution in [2.24, 2.45) is 0 Å². The Balaban J connectivity index is 2.23. The van der Waals surface area contributed by atoms with Crippen LogP contribution in [0.1, 0.15) is 32.1 Å². The maximum Gasteiger partial charge on any atom is 0.333 e. The molecule has 0 amide bonds. The molecular formula is C13H18N2O3. The van der Waals surface area contributed by atoms with Crippen LogP contribution in [-0.2, 0) is 0 Å². The summed E-state index contributed by atoms with van der Waals surface area (Å²) in [6, 6.07) is 5.14. The van der Waals surface area contributed by atoms with Gasteiger partial charge in [0.15, 0.2) is 5.75 Å². The summed E-state index contributed by atoms with van der Waals surface area (Å²) in [6.45, 7) is 0. The van der Waals surface area contributed by atoms with Gasteiger partial charge in [0, 0.05) is 7.05 Å². The number of nitro groups is 1. The number of rotatable bonds is 4. The molecule has 2 rings (SSSR count). The van der Waals surface area contributed by atoms with E-state index in [1.165, 1.54) is 6.42 Å². The van der Waals surface area contributed by atoms with E-state index >= 15 is 0 Å². The van der Waals surface area contributed by atoms with Crippen molar-refractivity contribution in [2.45, 2.75) is 38.2 Å². The molecule has 1 aromatic rings. The first-order chi connectivity index (χ1) is 8.72. The molecule has 1 fully saturated rings. The summed E-state index contributed by atoms with van der Waals surface area (Å²) in [7, 11) is 1.67. The standard InChI is InChI=1S/C13H18N2O3/c1-14-11-8-5-9-12(13(11)15(16)17)18-10-6-3-2-4-7-10/h5,8-10,14H,2-4,6-7H2,1H3. The van der Waals surface area contributed by atoms with Crippen LogP contribution in [0.25, 0.3) is 0 Å². The van der Waals surface area contributed by atoms with Crippen LogP contribution in [0.15, 0.2) is 18.2 Å². The largest absolute Gasteiger partial charge is 0.483 e. The molecule has 5 heteroatoms. The van der Waals surface area contributed by atoms with Gasteiger partial charge in [-0.3, -0.25) is 10.1 Å². The van der Waals surface area contributed by atoms with Crippen molar-refractivity contribution in [3.63, 3.8) is 0 Å². The lowest BCUT2D eigenvalue weighted by atomic mass is 9.98. The van der Waals surface area contributed by atoms with Crippen LogP contribution in [-0.4, -0.2) is 18.1 Å². The molecule has 0 atom stereocenters. The lowest BCUT2D eigenvalue weighted by Crippen LogP contribution is -2.20. The molecule has 0 heterocycles. The van der Waals surface area contributed by atoms with Crippen molar-refractivity contribution < 1.29 is 9.66 Å². The zero-order valence-electron chi connectivity index (χ0n) is 10.5. The topological polar surface area (TPSA) is 64.4 Å². The van der Waals surface area contributed by atoms with E-state index in [2.05, 4.69) is 5.32 Å². The van der Waals surface area contributed by atoms with Gasteiger partial charge < -0.3 is 10.1 Å². The van der Waals surface area contributed by atoms with E-state index in [1.54, 1.807) is 25.2 Å². The zero-order chi connectivity index (χ0) is 13.0. The van der Waals surface area contributed by atoms with Crippen LogP contribution in [0.2, 0.25) is 0 Å². The van der Waals surface area contributed by atoms with Gasteiger partial charge >= 0.3 is 5.69 Å². The van der Waals surface area contributed by atoms with E-state index in [0.29, 0.717) is 11.4 Å². The van der Waals surface area contributed by atoms with Gasteiger partial charge in [-0.05, 0) is 37.8 Å². The number of benzene rings is 1. The van der Waals surface area contributed by atoms with Gasteiger partial charge in [-0.1, -0.05) is 12.5 Å². The summed E-state index contributed by atoms with van der Waals surface area (Å²) in [5.41, 5.74) is 0.527. The number of nitrogens with one attached hydrogen (secondary N) is 1. The molecule has 1 N–H and O–H groups in total. The van der Waals surface area contributed by atoms with Crippen molar-refractivity contribution in [3.8, 4) is 5.75 Å². The molecule has 0 radical (unpaired) electrons. The third kappa shape index (κ3) is 2.72. The van der Waals surface area contributed by atoms with Crippen LogP contribution < -0.4 is 10.1 Å². The minimum Gasteiger partial charge on any atom is -0.483 e. The van der Waals surface area contributed by atoms with Crippen molar-refractivity contribution in [3.05, 3.63) is 28.3 Å². The molecule has 0 aliphatic heterocycles. The molecule has 1 aromatic carbocycles. The Kier molecular flexibility index (Phi) is 4.02. The fraction of sp³-hybridized carbons (Fsp3) is 0.538. The molecule has 0 unspecified atom stereocenters. The van der Waals surface area contributed by atoms with E-state index < -0.39 is 0 Å². The predicted octanol–water partition coefficient (Wildman–Crippen LogP) is 3.35. The number of anilines is 1. The highest BCUT2D eigenvalue weighted by atomic mass is 16.6. The zero-order valence-corrected chi connectivity index (χ0v) is 10.5. The fourth-order valence-electron chi connectivity index (χ4n) is 2.37. The van der Waals surface area contributed by atoms with Crippen LogP contribution in [0, 0.1) is 10.1 Å². The molecule has 1 saturated carbocycles. The molecule has 0 aromatic heterocycles. The Morgan fingerprint density at radius 2 is 2.06 bits per heavy atom. The monoisotopic (exact) mass is 250 g/mol. The molecule has 5 nitrogen and oxygen atoms in total. The van der Waals surface area contributed by atoms with E-state index in [4.69, 9.17) is 4.74 Å². The average Bonchev–Trinajstić information content (AvgIpc) is 2.39. The van der Waals surface area contributed by atoms with Gasteiger partial charge in [0.25, 0.3) is 0 Å². The maximum atomic E-state index is 11.1. The van der Waals surface area contributed by atoms with Crippen LogP contribution in [0.3, 0.4) is 0 Å². The van der Waals surface area contributed by atoms with E-state index in [9.17, 15) is 10.1 Å². The fourth-order valence-corrected chi connectivity index (χ4v) is 2.37. The Hall–Kier alpha value is -1.78. The highest BCUT2D eigenvalue weighted by molar-refractivity contribution is 5.68. The molecule has 0 saturated heterocycles. The number of ether oxygens (including phenoxy) is 1. The molecule has 1 aliphatic rings. The predicted molar refractivity (Wildman–Crippen MR) is 70.1 cm³/mol. The highest BCUT2D eigenvalue weighted by Gasteiger charge is 2.23. The van der Waals surface area contributed by atoms with Gasteiger partial charge in [0.2, 0.25) is 0 Å². The quantitative estimate of drug-likeness (QED) is 0.657. The number of nitro benzene ring substituents is 1. The summed E-state index contributed by atoms with van der Waals surface area (Å²) in [5, 5.41) is 14.0. The lowest BCUT2D eigenvalue weighted by Gasteiger charge is -2.23. The van der Waals surface area contributed by atoms with Gasteiger partial charge in [0.05, 0.1) is 11.0 Å². The molecular weight excluding hydrogens is 232 g/mol. The highest BCUT2D eigenvalue weighted by Crippen LogP contribution is 2.36. The summed E-state index contributed by atoms with van der Waals surface area (Å²) < 4.78 is 5.81. The second-order valence-electron chi connectivity index (χ2n) is 4.54. The third-order valence-electron chi connectivity index (χ3n) is 3.30. The SMILES string of the molecule is CNc1cccc(OC2CCCCC2)c1[N+](=O)[O-]. The summed E-state index contributed by atoms with van der Waals surface area (Å²) in [4.78, 5) is 10.7. The van der Waals surface area contributed by atoms with Gasteiger partial charge in [-0.15, -0.1) is 0 Å². The van der Waals surface area contributed by atoms with Gasteiger partial charge in [-0.25, -0.2) is 0 Å². The number of para-hydroxylation sites is 1. The van der Waals surface area contributed by atoms with Crippen LogP contribution in [0.4, 0.5) is 11.4 Å². The first kappa shape index (κ1) is 12.7. The normalized spacial score (nSPS) is 16.3. The first-order valence-electron chi connectivity index (χ1n) is 6.34. The average molecular weight is 250 g/mol. The second-order valence-corrected chi connectivity index (χ2v) is 4.54. The van der Waals surface area contributed by atoms with Crippen molar-refractivity contribution in [1.29, 1.82) is 0 Å².